The number of benzene rings is 2. The summed E-state index contributed by atoms with van der Waals surface area (Å²) >= 11 is 5.98. The highest BCUT2D eigenvalue weighted by Gasteiger charge is 2.10. The summed E-state index contributed by atoms with van der Waals surface area (Å²) in [7, 11) is -1.97. The fourth-order valence-electron chi connectivity index (χ4n) is 1.62. The second-order valence-electron chi connectivity index (χ2n) is 4.04. The van der Waals surface area contributed by atoms with Crippen molar-refractivity contribution in [2.24, 2.45) is 0 Å². The highest BCUT2D eigenvalue weighted by atomic mass is 35.5. The minimum Gasteiger partial charge on any atom is -0.497 e. The highest BCUT2D eigenvalue weighted by Crippen LogP contribution is 2.20. The van der Waals surface area contributed by atoms with E-state index in [0.29, 0.717) is 16.3 Å². The van der Waals surface area contributed by atoms with Crippen LogP contribution in [0.1, 0.15) is 5.56 Å². The Kier molecular flexibility index (Phi) is 4.47. The summed E-state index contributed by atoms with van der Waals surface area (Å²) in [6, 6.07) is 13.3. The molecule has 0 aliphatic heterocycles. The van der Waals surface area contributed by atoms with Crippen molar-refractivity contribution >= 4 is 27.5 Å². The van der Waals surface area contributed by atoms with Crippen molar-refractivity contribution in [1.82, 2.24) is 0 Å². The summed E-state index contributed by atoms with van der Waals surface area (Å²) in [4.78, 5) is 0.210. The van der Waals surface area contributed by atoms with E-state index in [9.17, 15) is 8.42 Å². The fourth-order valence-corrected chi connectivity index (χ4v) is 2.81. The van der Waals surface area contributed by atoms with Gasteiger partial charge in [0, 0.05) is 10.4 Å². The number of halogens is 1. The van der Waals surface area contributed by atoms with Gasteiger partial charge in [-0.1, -0.05) is 29.8 Å². The van der Waals surface area contributed by atoms with E-state index in [0.717, 1.165) is 5.41 Å². The van der Waals surface area contributed by atoms with Crippen LogP contribution in [0.15, 0.2) is 58.8 Å². The molecule has 0 saturated carbocycles. The quantitative estimate of drug-likeness (QED) is 0.863. The van der Waals surface area contributed by atoms with E-state index in [1.807, 2.05) is 0 Å². The Morgan fingerprint density at radius 3 is 2.30 bits per heavy atom. The number of hydrogen-bond acceptors (Lipinski definition) is 3. The maximum Gasteiger partial charge on any atom is 0.199 e. The van der Waals surface area contributed by atoms with Crippen molar-refractivity contribution in [3.8, 4) is 5.75 Å². The molecule has 0 unspecified atom stereocenters. The summed E-state index contributed by atoms with van der Waals surface area (Å²) in [5.41, 5.74) is 0.659. The summed E-state index contributed by atoms with van der Waals surface area (Å²) < 4.78 is 29.3. The lowest BCUT2D eigenvalue weighted by atomic mass is 10.2. The van der Waals surface area contributed by atoms with Gasteiger partial charge in [-0.25, -0.2) is 8.42 Å². The van der Waals surface area contributed by atoms with E-state index in [4.69, 9.17) is 16.3 Å². The van der Waals surface area contributed by atoms with Gasteiger partial charge in [0.05, 0.1) is 12.0 Å². The first kappa shape index (κ1) is 14.6. The molecular weight excluding hydrogens is 296 g/mol. The number of ether oxygens (including phenoxy) is 1. The molecule has 0 saturated heterocycles. The molecule has 0 N–H and O–H groups in total. The van der Waals surface area contributed by atoms with Crippen molar-refractivity contribution in [2.75, 3.05) is 7.11 Å². The molecule has 0 heterocycles. The van der Waals surface area contributed by atoms with E-state index < -0.39 is 9.84 Å². The van der Waals surface area contributed by atoms with Gasteiger partial charge in [-0.2, -0.15) is 0 Å². The second-order valence-corrected chi connectivity index (χ2v) is 6.29. The van der Waals surface area contributed by atoms with Gasteiger partial charge in [-0.3, -0.25) is 0 Å². The Bertz CT molecular complexity index is 719. The van der Waals surface area contributed by atoms with Gasteiger partial charge in [0.1, 0.15) is 5.75 Å². The van der Waals surface area contributed by atoms with Crippen LogP contribution in [0.4, 0.5) is 0 Å². The molecule has 5 heteroatoms. The Labute approximate surface area is 123 Å². The van der Waals surface area contributed by atoms with Gasteiger partial charge >= 0.3 is 0 Å². The minimum atomic E-state index is -3.49. The molecule has 20 heavy (non-hydrogen) atoms. The first-order chi connectivity index (χ1) is 9.53. The van der Waals surface area contributed by atoms with Crippen molar-refractivity contribution in [3.63, 3.8) is 0 Å². The maximum atomic E-state index is 12.1. The highest BCUT2D eigenvalue weighted by molar-refractivity contribution is 7.94. The molecule has 0 aromatic heterocycles. The lowest BCUT2D eigenvalue weighted by Gasteiger charge is -2.02. The van der Waals surface area contributed by atoms with E-state index in [2.05, 4.69) is 0 Å². The predicted molar refractivity (Wildman–Crippen MR) is 80.7 cm³/mol. The molecule has 2 rings (SSSR count). The molecular formula is C15H13ClO3S. The van der Waals surface area contributed by atoms with Crippen LogP contribution in [0.3, 0.4) is 0 Å². The standard InChI is InChI=1S/C15H13ClO3S/c1-19-13-6-8-14(9-7-13)20(17,18)11-10-12-4-2-3-5-15(12)16/h2-11H,1H3/b11-10+. The van der Waals surface area contributed by atoms with Crippen LogP contribution in [0.25, 0.3) is 6.08 Å². The van der Waals surface area contributed by atoms with Gasteiger partial charge < -0.3 is 4.74 Å². The molecule has 0 bridgehead atoms. The summed E-state index contributed by atoms with van der Waals surface area (Å²) in [5.74, 6) is 0.610. The van der Waals surface area contributed by atoms with Crippen molar-refractivity contribution in [1.29, 1.82) is 0 Å². The Morgan fingerprint density at radius 1 is 1.05 bits per heavy atom. The molecule has 3 nitrogen and oxygen atoms in total. The zero-order chi connectivity index (χ0) is 14.6. The third kappa shape index (κ3) is 3.40. The third-order valence-corrected chi connectivity index (χ3v) is 4.49. The first-order valence-electron chi connectivity index (χ1n) is 5.85. The van der Waals surface area contributed by atoms with Crippen molar-refractivity contribution in [3.05, 3.63) is 64.5 Å². The molecule has 0 aliphatic carbocycles. The smallest absolute Gasteiger partial charge is 0.199 e. The summed E-state index contributed by atoms with van der Waals surface area (Å²) in [6.45, 7) is 0. The molecule has 2 aromatic carbocycles. The number of hydrogen-bond donors (Lipinski definition) is 0. The fraction of sp³-hybridized carbons (Fsp3) is 0.0667. The Hall–Kier alpha value is -1.78. The zero-order valence-electron chi connectivity index (χ0n) is 10.8. The van der Waals surface area contributed by atoms with E-state index in [1.54, 1.807) is 36.4 Å². The number of rotatable bonds is 4. The van der Waals surface area contributed by atoms with E-state index >= 15 is 0 Å². The van der Waals surface area contributed by atoms with Crippen LogP contribution in [0.5, 0.6) is 5.75 Å². The summed E-state index contributed by atoms with van der Waals surface area (Å²) in [6.07, 6.45) is 1.49. The Morgan fingerprint density at radius 2 is 1.70 bits per heavy atom. The minimum absolute atomic E-state index is 0.210. The van der Waals surface area contributed by atoms with Crippen LogP contribution in [-0.2, 0) is 9.84 Å². The third-order valence-electron chi connectivity index (χ3n) is 2.72. The maximum absolute atomic E-state index is 12.1. The molecule has 0 spiro atoms. The van der Waals surface area contributed by atoms with E-state index in [-0.39, 0.29) is 4.90 Å². The lowest BCUT2D eigenvalue weighted by Crippen LogP contribution is -1.96. The zero-order valence-corrected chi connectivity index (χ0v) is 12.4. The largest absolute Gasteiger partial charge is 0.497 e. The van der Waals surface area contributed by atoms with Crippen LogP contribution in [0, 0.1) is 0 Å². The van der Waals surface area contributed by atoms with Gasteiger partial charge in [-0.05, 0) is 42.0 Å². The van der Waals surface area contributed by atoms with Gasteiger partial charge in [0.15, 0.2) is 9.84 Å². The molecule has 2 aromatic rings. The van der Waals surface area contributed by atoms with Crippen molar-refractivity contribution in [2.45, 2.75) is 4.90 Å². The van der Waals surface area contributed by atoms with Crippen molar-refractivity contribution < 1.29 is 13.2 Å². The monoisotopic (exact) mass is 308 g/mol. The van der Waals surface area contributed by atoms with Crippen LogP contribution >= 0.6 is 11.6 Å². The van der Waals surface area contributed by atoms with Crippen LogP contribution in [0.2, 0.25) is 5.02 Å². The summed E-state index contributed by atoms with van der Waals surface area (Å²) in [5, 5.41) is 1.66. The first-order valence-corrected chi connectivity index (χ1v) is 7.77. The molecule has 0 aliphatic rings. The number of sulfone groups is 1. The topological polar surface area (TPSA) is 43.4 Å². The average molecular weight is 309 g/mol. The van der Waals surface area contributed by atoms with Crippen LogP contribution in [-0.4, -0.2) is 15.5 Å². The molecule has 0 amide bonds. The average Bonchev–Trinajstić information content (AvgIpc) is 2.46. The SMILES string of the molecule is COc1ccc(S(=O)(=O)/C=C/c2ccccc2Cl)cc1. The molecule has 0 atom stereocenters. The van der Waals surface area contributed by atoms with E-state index in [1.165, 1.54) is 25.3 Å². The van der Waals surface area contributed by atoms with Gasteiger partial charge in [0.2, 0.25) is 0 Å². The lowest BCUT2D eigenvalue weighted by molar-refractivity contribution is 0.414. The molecule has 104 valence electrons. The second kappa shape index (κ2) is 6.11. The molecule has 0 fully saturated rings. The normalized spacial score (nSPS) is 11.7. The van der Waals surface area contributed by atoms with Gasteiger partial charge in [0.25, 0.3) is 0 Å². The predicted octanol–water partition coefficient (Wildman–Crippen LogP) is 3.79. The van der Waals surface area contributed by atoms with Crippen LogP contribution < -0.4 is 4.74 Å². The Balaban J connectivity index is 2.29. The molecule has 0 radical (unpaired) electrons. The number of methoxy groups -OCH3 is 1. The van der Waals surface area contributed by atoms with Gasteiger partial charge in [-0.15, -0.1) is 0 Å².